The van der Waals surface area contributed by atoms with Crippen molar-refractivity contribution in [1.29, 1.82) is 0 Å². The van der Waals surface area contributed by atoms with Crippen LogP contribution < -0.4 is 11.3 Å². The fourth-order valence-electron chi connectivity index (χ4n) is 0.680. The number of aliphatic hydroxyl groups is 2. The van der Waals surface area contributed by atoms with Gasteiger partial charge in [-0.05, 0) is 6.42 Å². The number of rotatable bonds is 6. The van der Waals surface area contributed by atoms with E-state index in [1.165, 1.54) is 0 Å². The topological polar surface area (TPSA) is 170 Å². The Morgan fingerprint density at radius 2 is 1.50 bits per heavy atom. The zero-order chi connectivity index (χ0) is 14.7. The minimum atomic E-state index is -2.27. The maximum absolute atomic E-state index is 10.3. The highest BCUT2D eigenvalue weighted by molar-refractivity contribution is 5.83. The lowest BCUT2D eigenvalue weighted by molar-refractivity contribution is -0.165. The van der Waals surface area contributed by atoms with Crippen molar-refractivity contribution in [3.05, 3.63) is 0 Å². The quantitative estimate of drug-likeness (QED) is 0.183. The molecular formula is C9H18N2O7. The van der Waals surface area contributed by atoms with Gasteiger partial charge in [0.05, 0.1) is 0 Å². The molecule has 7 N–H and O–H groups in total. The molecule has 0 aromatic rings. The van der Waals surface area contributed by atoms with E-state index < -0.39 is 24.1 Å². The lowest BCUT2D eigenvalue weighted by atomic mass is 10.2. The Labute approximate surface area is 103 Å². The van der Waals surface area contributed by atoms with Gasteiger partial charge in [-0.25, -0.2) is 15.4 Å². The highest BCUT2D eigenvalue weighted by atomic mass is 16.4. The summed E-state index contributed by atoms with van der Waals surface area (Å²) in [7, 11) is 0. The molecule has 0 saturated heterocycles. The third-order valence-electron chi connectivity index (χ3n) is 1.72. The molecule has 0 fully saturated rings. The van der Waals surface area contributed by atoms with Gasteiger partial charge in [0.1, 0.15) is 0 Å². The standard InChI is InChI=1S/C5H12N2O.C4H6O6/c1-2-3-4-5(8)7-6;5-1(3(7)8)2(6)4(9)10/h2-4,6H2,1H3,(H,7,8);1-2,5-6H,(H,7,8)(H,9,10). The first-order valence-corrected chi connectivity index (χ1v) is 5.09. The number of carboxylic acid groups (broad SMARTS) is 2. The zero-order valence-corrected chi connectivity index (χ0v) is 9.87. The van der Waals surface area contributed by atoms with Crippen LogP contribution in [0.2, 0.25) is 0 Å². The minimum absolute atomic E-state index is 0.0770. The molecule has 0 rings (SSSR count). The van der Waals surface area contributed by atoms with Crippen LogP contribution in [0.4, 0.5) is 0 Å². The van der Waals surface area contributed by atoms with Gasteiger partial charge in [0.2, 0.25) is 5.91 Å². The van der Waals surface area contributed by atoms with Crippen LogP contribution in [0.5, 0.6) is 0 Å². The maximum atomic E-state index is 10.3. The fourth-order valence-corrected chi connectivity index (χ4v) is 0.680. The second-order valence-electron chi connectivity index (χ2n) is 3.24. The van der Waals surface area contributed by atoms with E-state index in [4.69, 9.17) is 26.3 Å². The van der Waals surface area contributed by atoms with Crippen LogP contribution in [0, 0.1) is 0 Å². The lowest BCUT2D eigenvalue weighted by Crippen LogP contribution is -2.39. The summed E-state index contributed by atoms with van der Waals surface area (Å²) >= 11 is 0. The number of aliphatic hydroxyl groups excluding tert-OH is 2. The molecule has 9 nitrogen and oxygen atoms in total. The summed E-state index contributed by atoms with van der Waals surface area (Å²) in [5, 5.41) is 32.5. The monoisotopic (exact) mass is 266 g/mol. The number of aliphatic carboxylic acids is 2. The molecule has 0 spiro atoms. The van der Waals surface area contributed by atoms with Crippen LogP contribution >= 0.6 is 0 Å². The van der Waals surface area contributed by atoms with Gasteiger partial charge in [-0.3, -0.25) is 10.2 Å². The van der Waals surface area contributed by atoms with Crippen molar-refractivity contribution in [3.8, 4) is 0 Å². The second-order valence-corrected chi connectivity index (χ2v) is 3.24. The minimum Gasteiger partial charge on any atom is -0.479 e. The van der Waals surface area contributed by atoms with Crippen LogP contribution in [0.3, 0.4) is 0 Å². The summed E-state index contributed by atoms with van der Waals surface area (Å²) in [5.41, 5.74) is 2.06. The van der Waals surface area contributed by atoms with Gasteiger partial charge in [-0.15, -0.1) is 0 Å². The number of carboxylic acids is 2. The molecule has 0 aliphatic heterocycles. The van der Waals surface area contributed by atoms with Gasteiger partial charge in [0.15, 0.2) is 12.2 Å². The second kappa shape index (κ2) is 10.4. The Bertz CT molecular complexity index is 264. The molecule has 0 heterocycles. The first kappa shape index (κ1) is 18.6. The highest BCUT2D eigenvalue weighted by Crippen LogP contribution is 1.92. The molecule has 2 atom stereocenters. The molecule has 0 aromatic carbocycles. The molecule has 2 unspecified atom stereocenters. The van der Waals surface area contributed by atoms with Crippen molar-refractivity contribution in [3.63, 3.8) is 0 Å². The molecule has 0 radical (unpaired) electrons. The molecule has 0 aliphatic rings. The van der Waals surface area contributed by atoms with Gasteiger partial charge in [-0.2, -0.15) is 0 Å². The van der Waals surface area contributed by atoms with Crippen LogP contribution in [-0.4, -0.2) is 50.5 Å². The predicted octanol–water partition coefficient (Wildman–Crippen LogP) is -1.96. The van der Waals surface area contributed by atoms with Crippen LogP contribution in [0.15, 0.2) is 0 Å². The fraction of sp³-hybridized carbons (Fsp3) is 0.667. The van der Waals surface area contributed by atoms with E-state index in [-0.39, 0.29) is 5.91 Å². The Morgan fingerprint density at radius 3 is 1.72 bits per heavy atom. The Hall–Kier alpha value is -1.71. The molecule has 0 aliphatic carbocycles. The first-order chi connectivity index (χ1) is 8.27. The Morgan fingerprint density at radius 1 is 1.11 bits per heavy atom. The van der Waals surface area contributed by atoms with Crippen molar-refractivity contribution in [2.24, 2.45) is 5.84 Å². The van der Waals surface area contributed by atoms with Gasteiger partial charge in [-0.1, -0.05) is 13.3 Å². The number of hydrazine groups is 1. The molecule has 0 bridgehead atoms. The molecule has 0 saturated carbocycles. The third-order valence-corrected chi connectivity index (χ3v) is 1.72. The summed E-state index contributed by atoms with van der Waals surface area (Å²) in [4.78, 5) is 29.9. The SMILES string of the molecule is CCCCC(=O)NN.O=C(O)C(O)C(O)C(=O)O. The number of hydrogen-bond acceptors (Lipinski definition) is 6. The van der Waals surface area contributed by atoms with Gasteiger partial charge in [0, 0.05) is 6.42 Å². The van der Waals surface area contributed by atoms with E-state index in [0.29, 0.717) is 6.42 Å². The third kappa shape index (κ3) is 9.51. The number of unbranched alkanes of at least 4 members (excludes halogenated alkanes) is 1. The molecule has 1 amide bonds. The number of nitrogens with one attached hydrogen (secondary N) is 1. The largest absolute Gasteiger partial charge is 0.479 e. The molecule has 106 valence electrons. The average molecular weight is 266 g/mol. The summed E-state index contributed by atoms with van der Waals surface area (Å²) in [6.45, 7) is 2.03. The number of hydrogen-bond donors (Lipinski definition) is 6. The summed E-state index contributed by atoms with van der Waals surface area (Å²) in [5.74, 6) is 1.20. The number of amides is 1. The highest BCUT2D eigenvalue weighted by Gasteiger charge is 2.29. The smallest absolute Gasteiger partial charge is 0.335 e. The van der Waals surface area contributed by atoms with E-state index >= 15 is 0 Å². The number of carbonyl (C=O) groups excluding carboxylic acids is 1. The molecule has 18 heavy (non-hydrogen) atoms. The van der Waals surface area contributed by atoms with Crippen LogP contribution in [0.1, 0.15) is 26.2 Å². The van der Waals surface area contributed by atoms with Gasteiger partial charge >= 0.3 is 11.9 Å². The maximum Gasteiger partial charge on any atom is 0.335 e. The van der Waals surface area contributed by atoms with Crippen molar-refractivity contribution in [2.75, 3.05) is 0 Å². The summed E-state index contributed by atoms with van der Waals surface area (Å²) < 4.78 is 0. The molecule has 9 heteroatoms. The average Bonchev–Trinajstić information content (AvgIpc) is 2.34. The number of carbonyl (C=O) groups is 3. The number of nitrogens with two attached hydrogens (primary N) is 1. The summed E-state index contributed by atoms with van der Waals surface area (Å²) in [6, 6.07) is 0. The van der Waals surface area contributed by atoms with Crippen molar-refractivity contribution in [1.82, 2.24) is 5.43 Å². The summed E-state index contributed by atoms with van der Waals surface area (Å²) in [6.07, 6.45) is -2.03. The van der Waals surface area contributed by atoms with E-state index in [9.17, 15) is 14.4 Å². The van der Waals surface area contributed by atoms with Crippen molar-refractivity contribution < 1.29 is 34.8 Å². The Kier molecular flexibility index (Phi) is 10.8. The van der Waals surface area contributed by atoms with E-state index in [1.54, 1.807) is 0 Å². The van der Waals surface area contributed by atoms with E-state index in [2.05, 4.69) is 5.43 Å². The van der Waals surface area contributed by atoms with E-state index in [1.807, 2.05) is 6.92 Å². The lowest BCUT2D eigenvalue weighted by Gasteiger charge is -2.07. The molecular weight excluding hydrogens is 248 g/mol. The van der Waals surface area contributed by atoms with Crippen LogP contribution in [0.25, 0.3) is 0 Å². The molecule has 0 aromatic heterocycles. The van der Waals surface area contributed by atoms with Crippen molar-refractivity contribution in [2.45, 2.75) is 38.4 Å². The van der Waals surface area contributed by atoms with Gasteiger partial charge < -0.3 is 20.4 Å². The Balaban J connectivity index is 0. The normalized spacial score (nSPS) is 12.7. The van der Waals surface area contributed by atoms with E-state index in [0.717, 1.165) is 12.8 Å². The van der Waals surface area contributed by atoms with Gasteiger partial charge in [0.25, 0.3) is 0 Å². The first-order valence-electron chi connectivity index (χ1n) is 5.09. The van der Waals surface area contributed by atoms with Crippen LogP contribution in [-0.2, 0) is 14.4 Å². The van der Waals surface area contributed by atoms with Crippen molar-refractivity contribution >= 4 is 17.8 Å². The predicted molar refractivity (Wildman–Crippen MR) is 59.1 cm³/mol. The zero-order valence-electron chi connectivity index (χ0n) is 9.87.